The first-order chi connectivity index (χ1) is 14.2. The van der Waals surface area contributed by atoms with Gasteiger partial charge in [-0.15, -0.1) is 0 Å². The minimum Gasteiger partial charge on any atom is -0.427 e. The number of carbonyl (C=O) groups excluding carboxylic acids is 4. The molecule has 0 aliphatic carbocycles. The van der Waals surface area contributed by atoms with Crippen LogP contribution in [0.2, 0.25) is 0 Å². The lowest BCUT2D eigenvalue weighted by Gasteiger charge is -2.39. The van der Waals surface area contributed by atoms with Crippen LogP contribution < -0.4 is 5.32 Å². The lowest BCUT2D eigenvalue weighted by Crippen LogP contribution is -2.53. The molecule has 0 radical (unpaired) electrons. The van der Waals surface area contributed by atoms with Gasteiger partial charge in [0.15, 0.2) is 9.84 Å². The minimum atomic E-state index is -3.97. The van der Waals surface area contributed by atoms with Crippen molar-refractivity contribution in [1.82, 2.24) is 10.2 Å². The first kappa shape index (κ1) is 24.6. The fourth-order valence-electron chi connectivity index (χ4n) is 3.27. The van der Waals surface area contributed by atoms with Crippen LogP contribution in [0.4, 0.5) is 0 Å². The predicted octanol–water partition coefficient (Wildman–Crippen LogP) is 0.790. The lowest BCUT2D eigenvalue weighted by molar-refractivity contribution is -0.172. The van der Waals surface area contributed by atoms with Gasteiger partial charge >= 0.3 is 11.9 Å². The Morgan fingerprint density at radius 3 is 2.26 bits per heavy atom. The fourth-order valence-corrected chi connectivity index (χ4v) is 4.78. The van der Waals surface area contributed by atoms with E-state index in [4.69, 9.17) is 9.47 Å². The smallest absolute Gasteiger partial charge is 0.358 e. The van der Waals surface area contributed by atoms with Crippen LogP contribution in [-0.4, -0.2) is 62.2 Å². The zero-order chi connectivity index (χ0) is 23.7. The molecule has 10 nitrogen and oxygen atoms in total. The second-order valence-electron chi connectivity index (χ2n) is 8.61. The Hall–Kier alpha value is -2.69. The summed E-state index contributed by atoms with van der Waals surface area (Å²) in [6, 6.07) is -0.567. The van der Waals surface area contributed by atoms with E-state index in [1.807, 2.05) is 0 Å². The molecule has 1 fully saturated rings. The second kappa shape index (κ2) is 8.81. The topological polar surface area (TPSA) is 136 Å². The zero-order valence-electron chi connectivity index (χ0n) is 18.5. The highest BCUT2D eigenvalue weighted by atomic mass is 32.2. The van der Waals surface area contributed by atoms with Crippen LogP contribution in [0.5, 0.6) is 0 Å². The SMILES string of the molecule is CC(=O)NCCS(=O)(=O)C1=C(C(=O)OCOC(=O)C(C)(C)C)N2C(=O)C(=C(C)C)C2C1. The van der Waals surface area contributed by atoms with Crippen molar-refractivity contribution in [2.45, 2.75) is 54.0 Å². The molecule has 2 amide bonds. The van der Waals surface area contributed by atoms with Gasteiger partial charge in [-0.05, 0) is 34.6 Å². The first-order valence-corrected chi connectivity index (χ1v) is 11.4. The fraction of sp³-hybridized carbons (Fsp3) is 0.600. The summed E-state index contributed by atoms with van der Waals surface area (Å²) in [5.41, 5.74) is 0.00910. The molecular weight excluding hydrogens is 428 g/mol. The zero-order valence-corrected chi connectivity index (χ0v) is 19.3. The summed E-state index contributed by atoms with van der Waals surface area (Å²) in [6.07, 6.45) is -0.0547. The number of allylic oxidation sites excluding steroid dienone is 1. The van der Waals surface area contributed by atoms with Crippen LogP contribution in [0.15, 0.2) is 21.7 Å². The van der Waals surface area contributed by atoms with Crippen LogP contribution in [0, 0.1) is 5.41 Å². The highest BCUT2D eigenvalue weighted by Crippen LogP contribution is 2.45. The van der Waals surface area contributed by atoms with E-state index >= 15 is 0 Å². The molecule has 2 aliphatic heterocycles. The molecule has 2 rings (SSSR count). The van der Waals surface area contributed by atoms with Crippen molar-refractivity contribution in [3.63, 3.8) is 0 Å². The maximum atomic E-state index is 12.9. The number of carbonyl (C=O) groups is 4. The molecule has 1 unspecified atom stereocenters. The van der Waals surface area contributed by atoms with E-state index in [1.54, 1.807) is 34.6 Å². The van der Waals surface area contributed by atoms with Crippen molar-refractivity contribution in [1.29, 1.82) is 0 Å². The Kier molecular flexibility index (Phi) is 6.99. The quantitative estimate of drug-likeness (QED) is 0.257. The number of amides is 2. The molecule has 0 aromatic carbocycles. The van der Waals surface area contributed by atoms with Gasteiger partial charge in [-0.2, -0.15) is 0 Å². The minimum absolute atomic E-state index is 0.0547. The molecule has 0 spiro atoms. The number of rotatable bonds is 7. The van der Waals surface area contributed by atoms with Crippen LogP contribution in [0.3, 0.4) is 0 Å². The maximum absolute atomic E-state index is 12.9. The van der Waals surface area contributed by atoms with Crippen LogP contribution in [-0.2, 0) is 38.5 Å². The van der Waals surface area contributed by atoms with E-state index in [9.17, 15) is 27.6 Å². The first-order valence-electron chi connectivity index (χ1n) is 9.74. The summed E-state index contributed by atoms with van der Waals surface area (Å²) in [5.74, 6) is -2.95. The molecule has 0 saturated carbocycles. The summed E-state index contributed by atoms with van der Waals surface area (Å²) in [6.45, 7) is 8.76. The van der Waals surface area contributed by atoms with E-state index in [1.165, 1.54) is 6.92 Å². The number of fused-ring (bicyclic) bond motifs is 1. The highest BCUT2D eigenvalue weighted by Gasteiger charge is 2.54. The maximum Gasteiger partial charge on any atom is 0.358 e. The summed E-state index contributed by atoms with van der Waals surface area (Å²) < 4.78 is 35.7. The van der Waals surface area contributed by atoms with Gasteiger partial charge in [-0.25, -0.2) is 13.2 Å². The summed E-state index contributed by atoms with van der Waals surface area (Å²) in [7, 11) is -3.97. The molecular formula is C20H28N2O8S. The summed E-state index contributed by atoms with van der Waals surface area (Å²) >= 11 is 0. The van der Waals surface area contributed by atoms with Crippen LogP contribution >= 0.6 is 0 Å². The molecule has 1 atom stereocenters. The van der Waals surface area contributed by atoms with E-state index in [0.717, 1.165) is 10.5 Å². The largest absolute Gasteiger partial charge is 0.427 e. The van der Waals surface area contributed by atoms with Gasteiger partial charge in [0.25, 0.3) is 5.91 Å². The molecule has 1 N–H and O–H groups in total. The highest BCUT2D eigenvalue weighted by molar-refractivity contribution is 7.95. The average molecular weight is 457 g/mol. The average Bonchev–Trinajstić information content (AvgIpc) is 2.95. The standard InChI is InChI=1S/C20H28N2O8S/c1-11(2)15-13-9-14(31(27,28)8-7-21-12(3)23)16(22(13)17(15)24)18(25)29-10-30-19(26)20(4,5)6/h13H,7-10H2,1-6H3,(H,21,23). The van der Waals surface area contributed by atoms with E-state index in [2.05, 4.69) is 5.32 Å². The monoisotopic (exact) mass is 456 g/mol. The molecule has 0 aromatic rings. The van der Waals surface area contributed by atoms with E-state index in [0.29, 0.717) is 5.57 Å². The molecule has 0 aromatic heterocycles. The number of hydrogen-bond acceptors (Lipinski definition) is 8. The lowest BCUT2D eigenvalue weighted by atomic mass is 9.91. The number of hydrogen-bond donors (Lipinski definition) is 1. The Morgan fingerprint density at radius 2 is 1.74 bits per heavy atom. The normalized spacial score (nSPS) is 18.4. The van der Waals surface area contributed by atoms with Crippen molar-refractivity contribution in [3.05, 3.63) is 21.7 Å². The van der Waals surface area contributed by atoms with Gasteiger partial charge in [0.05, 0.1) is 22.1 Å². The summed E-state index contributed by atoms with van der Waals surface area (Å²) in [4.78, 5) is 49.1. The third-order valence-corrected chi connectivity index (χ3v) is 6.67. The number of nitrogens with one attached hydrogen (secondary N) is 1. The van der Waals surface area contributed by atoms with E-state index < -0.39 is 51.7 Å². The number of nitrogens with zero attached hydrogens (tertiary/aromatic N) is 1. The van der Waals surface area contributed by atoms with Crippen molar-refractivity contribution in [2.75, 3.05) is 19.1 Å². The van der Waals surface area contributed by atoms with Gasteiger partial charge in [0, 0.05) is 25.5 Å². The Bertz CT molecular complexity index is 981. The van der Waals surface area contributed by atoms with Crippen molar-refractivity contribution < 1.29 is 37.1 Å². The number of esters is 2. The van der Waals surface area contributed by atoms with Crippen LogP contribution in [0.25, 0.3) is 0 Å². The van der Waals surface area contributed by atoms with Crippen molar-refractivity contribution in [3.8, 4) is 0 Å². The number of sulfone groups is 1. The van der Waals surface area contributed by atoms with Gasteiger partial charge in [-0.1, -0.05) is 5.57 Å². The van der Waals surface area contributed by atoms with Gasteiger partial charge in [0.1, 0.15) is 5.70 Å². The second-order valence-corrected chi connectivity index (χ2v) is 10.7. The molecule has 11 heteroatoms. The van der Waals surface area contributed by atoms with Crippen LogP contribution in [0.1, 0.15) is 48.0 Å². The molecule has 0 bridgehead atoms. The number of β-lactam (4-membered cyclic amide) rings is 1. The van der Waals surface area contributed by atoms with Crippen molar-refractivity contribution in [2.24, 2.45) is 5.41 Å². The Morgan fingerprint density at radius 1 is 1.13 bits per heavy atom. The molecule has 1 saturated heterocycles. The van der Waals surface area contributed by atoms with Gasteiger partial charge in [0.2, 0.25) is 12.7 Å². The Balaban J connectivity index is 2.28. The third kappa shape index (κ3) is 5.15. The molecule has 172 valence electrons. The van der Waals surface area contributed by atoms with Gasteiger partial charge < -0.3 is 14.8 Å². The molecule has 2 aliphatic rings. The number of ether oxygens (including phenoxy) is 2. The summed E-state index contributed by atoms with van der Waals surface area (Å²) in [5, 5.41) is 2.40. The molecule has 31 heavy (non-hydrogen) atoms. The van der Waals surface area contributed by atoms with Crippen molar-refractivity contribution >= 4 is 33.6 Å². The molecule has 2 heterocycles. The van der Waals surface area contributed by atoms with E-state index in [-0.39, 0.29) is 29.5 Å². The van der Waals surface area contributed by atoms with Gasteiger partial charge in [-0.3, -0.25) is 19.3 Å². The third-order valence-electron chi connectivity index (χ3n) is 4.82. The predicted molar refractivity (Wildman–Crippen MR) is 110 cm³/mol. The Labute approximate surface area is 181 Å².